The van der Waals surface area contributed by atoms with E-state index in [9.17, 15) is 22.8 Å². The van der Waals surface area contributed by atoms with Gasteiger partial charge in [0.05, 0.1) is 6.04 Å². The third kappa shape index (κ3) is 7.09. The highest BCUT2D eigenvalue weighted by atomic mass is 32.2. The highest BCUT2D eigenvalue weighted by molar-refractivity contribution is 7.98. The maximum Gasteiger partial charge on any atom is 0.409 e. The lowest BCUT2D eigenvalue weighted by atomic mass is 9.98. The summed E-state index contributed by atoms with van der Waals surface area (Å²) in [5.74, 6) is -0.572. The molecule has 4 aromatic carbocycles. The van der Waals surface area contributed by atoms with Crippen molar-refractivity contribution in [2.75, 3.05) is 33.0 Å². The third-order valence-electron chi connectivity index (χ3n) is 9.61. The van der Waals surface area contributed by atoms with Crippen molar-refractivity contribution in [3.05, 3.63) is 125 Å². The third-order valence-corrected chi connectivity index (χ3v) is 10.4. The molecule has 0 unspecified atom stereocenters. The van der Waals surface area contributed by atoms with Gasteiger partial charge in [0, 0.05) is 43.1 Å². The number of benzene rings is 4. The lowest BCUT2D eigenvalue weighted by molar-refractivity contribution is 0.0757. The lowest BCUT2D eigenvalue weighted by Crippen LogP contribution is -2.40. The van der Waals surface area contributed by atoms with Crippen LogP contribution < -0.4 is 4.74 Å². The number of ether oxygens (including phenoxy) is 2. The second kappa shape index (κ2) is 15.1. The first-order valence-electron chi connectivity index (χ1n) is 16.9. The molecule has 2 aliphatic rings. The zero-order chi connectivity index (χ0) is 36.4. The molecule has 7 rings (SSSR count). The number of carbonyl (C=O) groups is 2. The second-order valence-electron chi connectivity index (χ2n) is 12.8. The fraction of sp³-hybridized carbons (Fsp3) is 0.282. The smallest absolute Gasteiger partial charge is 0.409 e. The number of nitrogens with zero attached hydrogens (tertiary/aromatic N) is 5. The summed E-state index contributed by atoms with van der Waals surface area (Å²) >= 11 is 1.58. The summed E-state index contributed by atoms with van der Waals surface area (Å²) in [6.07, 6.45) is -0.919. The van der Waals surface area contributed by atoms with Gasteiger partial charge in [-0.15, -0.1) is 16.9 Å². The normalized spacial score (nSPS) is 14.3. The Kier molecular flexibility index (Phi) is 10.2. The Morgan fingerprint density at radius 1 is 0.942 bits per heavy atom. The van der Waals surface area contributed by atoms with E-state index in [0.717, 1.165) is 31.8 Å². The van der Waals surface area contributed by atoms with Crippen molar-refractivity contribution in [1.29, 1.82) is 0 Å². The van der Waals surface area contributed by atoms with Gasteiger partial charge in [0.15, 0.2) is 5.69 Å². The quantitative estimate of drug-likeness (QED) is 0.133. The lowest BCUT2D eigenvalue weighted by Gasteiger charge is -2.32. The predicted octanol–water partition coefficient (Wildman–Crippen LogP) is 8.73. The van der Waals surface area contributed by atoms with E-state index in [-0.39, 0.29) is 32.2 Å². The predicted molar refractivity (Wildman–Crippen MR) is 190 cm³/mol. The number of hydrogen-bond donors (Lipinski definition) is 0. The molecule has 0 N–H and O–H groups in total. The standard InChI is InChI=1S/C39H36F3N5O4S/c1-45(22-24-21-25(40)11-16-34(24)51-27-12-14-28(52-2)15-13-27)38(48)35-36(37(41)42)47(44-43-35)26-17-19-46(20-18-26)39(49)50-23-33-31-9-5-3-7-29(31)30-8-4-6-10-32(30)33/h3-16,21,26,33,37H,17-20,22-23H2,1-2H3. The first kappa shape index (κ1) is 35.1. The molecule has 5 aromatic rings. The average Bonchev–Trinajstić information content (AvgIpc) is 3.75. The molecule has 1 saturated heterocycles. The summed E-state index contributed by atoms with van der Waals surface area (Å²) in [6.45, 7) is 0.562. The zero-order valence-electron chi connectivity index (χ0n) is 28.5. The van der Waals surface area contributed by atoms with E-state index in [1.165, 1.54) is 30.1 Å². The van der Waals surface area contributed by atoms with Crippen molar-refractivity contribution in [1.82, 2.24) is 24.8 Å². The van der Waals surface area contributed by atoms with E-state index in [1.54, 1.807) is 28.8 Å². The molecule has 0 atom stereocenters. The molecule has 2 heterocycles. The molecule has 2 amide bonds. The van der Waals surface area contributed by atoms with Crippen molar-refractivity contribution >= 4 is 23.8 Å². The van der Waals surface area contributed by atoms with Crippen LogP contribution in [0.5, 0.6) is 11.5 Å². The number of fused-ring (bicyclic) bond motifs is 3. The number of likely N-dealkylation sites (tertiary alicyclic amines) is 1. The highest BCUT2D eigenvalue weighted by Gasteiger charge is 2.35. The van der Waals surface area contributed by atoms with Gasteiger partial charge in [0.25, 0.3) is 12.3 Å². The summed E-state index contributed by atoms with van der Waals surface area (Å²) in [7, 11) is 1.42. The van der Waals surface area contributed by atoms with Crippen LogP contribution in [0.4, 0.5) is 18.0 Å². The van der Waals surface area contributed by atoms with Crippen LogP contribution in [0.3, 0.4) is 0 Å². The van der Waals surface area contributed by atoms with E-state index in [1.807, 2.05) is 42.7 Å². The maximum atomic E-state index is 14.6. The van der Waals surface area contributed by atoms with Gasteiger partial charge in [-0.05, 0) is 83.8 Å². The maximum absolute atomic E-state index is 14.6. The molecular weight excluding hydrogens is 692 g/mol. The van der Waals surface area contributed by atoms with Crippen LogP contribution in [0.1, 0.15) is 64.1 Å². The first-order valence-corrected chi connectivity index (χ1v) is 18.1. The van der Waals surface area contributed by atoms with Gasteiger partial charge >= 0.3 is 6.09 Å². The summed E-state index contributed by atoms with van der Waals surface area (Å²) in [6, 6.07) is 26.9. The number of piperidine rings is 1. The number of carbonyl (C=O) groups excluding carboxylic acids is 2. The van der Waals surface area contributed by atoms with Crippen molar-refractivity contribution in [2.24, 2.45) is 0 Å². The van der Waals surface area contributed by atoms with E-state index in [0.29, 0.717) is 29.9 Å². The molecule has 9 nitrogen and oxygen atoms in total. The van der Waals surface area contributed by atoms with E-state index in [2.05, 4.69) is 34.6 Å². The molecular formula is C39H36F3N5O4S. The Morgan fingerprint density at radius 2 is 1.60 bits per heavy atom. The van der Waals surface area contributed by atoms with Crippen molar-refractivity contribution in [3.63, 3.8) is 0 Å². The van der Waals surface area contributed by atoms with Crippen LogP contribution in [-0.4, -0.2) is 69.8 Å². The van der Waals surface area contributed by atoms with Gasteiger partial charge in [0.2, 0.25) is 0 Å². The number of amides is 2. The van der Waals surface area contributed by atoms with Crippen LogP contribution in [0.25, 0.3) is 11.1 Å². The summed E-state index contributed by atoms with van der Waals surface area (Å²) in [4.78, 5) is 30.5. The number of hydrogen-bond acceptors (Lipinski definition) is 7. The van der Waals surface area contributed by atoms with Gasteiger partial charge < -0.3 is 19.3 Å². The molecule has 0 spiro atoms. The fourth-order valence-corrected chi connectivity index (χ4v) is 7.36. The molecule has 0 saturated carbocycles. The molecule has 1 aliphatic heterocycles. The Morgan fingerprint density at radius 3 is 2.23 bits per heavy atom. The van der Waals surface area contributed by atoms with Crippen molar-refractivity contribution in [3.8, 4) is 22.6 Å². The number of thioether (sulfide) groups is 1. The molecule has 13 heteroatoms. The highest BCUT2D eigenvalue weighted by Crippen LogP contribution is 2.44. The SMILES string of the molecule is CSc1ccc(Oc2ccc(F)cc2CN(C)C(=O)c2nnn(C3CCN(C(=O)OCC4c5ccccc5-c5ccccc54)CC3)c2C(F)F)cc1. The topological polar surface area (TPSA) is 89.8 Å². The minimum absolute atomic E-state index is 0.0797. The largest absolute Gasteiger partial charge is 0.457 e. The average molecular weight is 728 g/mol. The minimum Gasteiger partial charge on any atom is -0.457 e. The molecule has 52 heavy (non-hydrogen) atoms. The Balaban J connectivity index is 0.991. The molecule has 268 valence electrons. The van der Waals surface area contributed by atoms with E-state index >= 15 is 0 Å². The fourth-order valence-electron chi connectivity index (χ4n) is 6.95. The number of halogens is 3. The van der Waals surface area contributed by atoms with Crippen LogP contribution in [-0.2, 0) is 11.3 Å². The van der Waals surface area contributed by atoms with Crippen LogP contribution >= 0.6 is 11.8 Å². The number of alkyl halides is 2. The number of aromatic nitrogens is 3. The summed E-state index contributed by atoms with van der Waals surface area (Å²) < 4.78 is 56.4. The van der Waals surface area contributed by atoms with Gasteiger partial charge in [-0.1, -0.05) is 53.7 Å². The van der Waals surface area contributed by atoms with Gasteiger partial charge in [-0.3, -0.25) is 4.79 Å². The Bertz CT molecular complexity index is 2040. The van der Waals surface area contributed by atoms with E-state index in [4.69, 9.17) is 9.47 Å². The first-order chi connectivity index (χ1) is 25.2. The monoisotopic (exact) mass is 727 g/mol. The molecule has 1 fully saturated rings. The van der Waals surface area contributed by atoms with Crippen LogP contribution in [0.15, 0.2) is 95.9 Å². The van der Waals surface area contributed by atoms with Crippen molar-refractivity contribution < 1.29 is 32.2 Å². The van der Waals surface area contributed by atoms with Crippen LogP contribution in [0.2, 0.25) is 0 Å². The van der Waals surface area contributed by atoms with Gasteiger partial charge in [0.1, 0.15) is 29.6 Å². The number of rotatable bonds is 10. The van der Waals surface area contributed by atoms with Gasteiger partial charge in [-0.2, -0.15) is 0 Å². The zero-order valence-corrected chi connectivity index (χ0v) is 29.4. The summed E-state index contributed by atoms with van der Waals surface area (Å²) in [5.41, 5.74) is 3.75. The Hall–Kier alpha value is -5.30. The van der Waals surface area contributed by atoms with E-state index < -0.39 is 41.7 Å². The van der Waals surface area contributed by atoms with Crippen molar-refractivity contribution in [2.45, 2.75) is 42.7 Å². The molecule has 0 bridgehead atoms. The summed E-state index contributed by atoms with van der Waals surface area (Å²) in [5, 5.41) is 7.89. The van der Waals surface area contributed by atoms with Gasteiger partial charge in [-0.25, -0.2) is 22.6 Å². The molecule has 0 radical (unpaired) electrons. The second-order valence-corrected chi connectivity index (χ2v) is 13.7. The van der Waals surface area contributed by atoms with Crippen LogP contribution in [0, 0.1) is 5.82 Å². The molecule has 1 aromatic heterocycles. The Labute approximate surface area is 303 Å². The minimum atomic E-state index is -3.04. The molecule has 1 aliphatic carbocycles.